The Bertz CT molecular complexity index is 1400. The molecule has 0 aliphatic carbocycles. The van der Waals surface area contributed by atoms with Gasteiger partial charge in [-0.1, -0.05) is 30.9 Å². The van der Waals surface area contributed by atoms with E-state index in [0.717, 1.165) is 18.2 Å². The maximum atomic E-state index is 14.6. The second kappa shape index (κ2) is 9.60. The van der Waals surface area contributed by atoms with Gasteiger partial charge >= 0.3 is 5.97 Å². The van der Waals surface area contributed by atoms with Gasteiger partial charge < -0.3 is 15.5 Å². The molecule has 0 spiro atoms. The van der Waals surface area contributed by atoms with Crippen LogP contribution in [0.5, 0.6) is 0 Å². The fourth-order valence-corrected chi connectivity index (χ4v) is 3.94. The van der Waals surface area contributed by atoms with Crippen LogP contribution in [0.25, 0.3) is 22.6 Å². The van der Waals surface area contributed by atoms with Crippen molar-refractivity contribution in [2.24, 2.45) is 5.41 Å². The fourth-order valence-electron chi connectivity index (χ4n) is 3.94. The lowest BCUT2D eigenvalue weighted by atomic mass is 9.88. The molecule has 1 atom stereocenters. The molecule has 2 heterocycles. The van der Waals surface area contributed by atoms with E-state index >= 15 is 0 Å². The van der Waals surface area contributed by atoms with Gasteiger partial charge in [-0.05, 0) is 43.2 Å². The van der Waals surface area contributed by atoms with Crippen LogP contribution in [0, 0.1) is 28.9 Å². The third kappa shape index (κ3) is 4.61. The highest BCUT2D eigenvalue weighted by Crippen LogP contribution is 2.31. The first-order valence-corrected chi connectivity index (χ1v) is 10.9. The zero-order chi connectivity index (χ0) is 25.2. The minimum absolute atomic E-state index is 0.00241. The molecule has 9 heteroatoms. The summed E-state index contributed by atoms with van der Waals surface area (Å²) in [7, 11) is 0. The third-order valence-corrected chi connectivity index (χ3v) is 5.86. The van der Waals surface area contributed by atoms with E-state index in [-0.39, 0.29) is 40.7 Å². The number of halogens is 2. The van der Waals surface area contributed by atoms with Crippen molar-refractivity contribution in [3.8, 4) is 34.5 Å². The van der Waals surface area contributed by atoms with Crippen LogP contribution in [0.1, 0.15) is 35.0 Å². The van der Waals surface area contributed by atoms with Crippen molar-refractivity contribution in [1.82, 2.24) is 15.3 Å². The largest absolute Gasteiger partial charge is 0.476 e. The summed E-state index contributed by atoms with van der Waals surface area (Å²) in [6, 6.07) is 9.46. The minimum atomic E-state index is -1.32. The van der Waals surface area contributed by atoms with Gasteiger partial charge in [0.1, 0.15) is 17.0 Å². The number of carbonyl (C=O) groups is 2. The van der Waals surface area contributed by atoms with E-state index < -0.39 is 29.6 Å². The van der Waals surface area contributed by atoms with Crippen molar-refractivity contribution < 1.29 is 28.6 Å². The Kier molecular flexibility index (Phi) is 6.58. The minimum Gasteiger partial charge on any atom is -0.476 e. The molecule has 4 rings (SSSR count). The number of amides is 1. The van der Waals surface area contributed by atoms with Gasteiger partial charge in [0, 0.05) is 28.8 Å². The molecule has 178 valence electrons. The number of aromatic nitrogens is 2. The number of aliphatic hydroxyl groups excluding tert-OH is 1. The van der Waals surface area contributed by atoms with Crippen molar-refractivity contribution in [3.63, 3.8) is 0 Å². The molecule has 2 aromatic carbocycles. The first-order valence-electron chi connectivity index (χ1n) is 10.9. The van der Waals surface area contributed by atoms with E-state index in [1.54, 1.807) is 31.2 Å². The molecule has 3 N–H and O–H groups in total. The normalized spacial score (nSPS) is 17.0. The molecule has 1 aliphatic rings. The first kappa shape index (κ1) is 24.0. The van der Waals surface area contributed by atoms with E-state index in [1.807, 2.05) is 0 Å². The highest BCUT2D eigenvalue weighted by molar-refractivity contribution is 5.90. The first-order chi connectivity index (χ1) is 16.8. The van der Waals surface area contributed by atoms with E-state index in [1.165, 1.54) is 0 Å². The number of carboxylic acids is 1. The lowest BCUT2D eigenvalue weighted by molar-refractivity contribution is -0.126. The van der Waals surface area contributed by atoms with Gasteiger partial charge in [-0.2, -0.15) is 0 Å². The van der Waals surface area contributed by atoms with Crippen LogP contribution in [0.2, 0.25) is 0 Å². The second-order valence-corrected chi connectivity index (χ2v) is 8.08. The monoisotopic (exact) mass is 477 g/mol. The van der Waals surface area contributed by atoms with Crippen molar-refractivity contribution in [2.45, 2.75) is 19.8 Å². The molecular weight excluding hydrogens is 456 g/mol. The average molecular weight is 477 g/mol. The van der Waals surface area contributed by atoms with Crippen molar-refractivity contribution in [3.05, 3.63) is 70.9 Å². The van der Waals surface area contributed by atoms with Crippen LogP contribution in [-0.2, 0) is 11.2 Å². The lowest BCUT2D eigenvalue weighted by Crippen LogP contribution is -2.33. The summed E-state index contributed by atoms with van der Waals surface area (Å²) in [6.07, 6.45) is 0.561. The predicted molar refractivity (Wildman–Crippen MR) is 123 cm³/mol. The van der Waals surface area contributed by atoms with Gasteiger partial charge in [-0.15, -0.1) is 0 Å². The Labute approximate surface area is 199 Å². The van der Waals surface area contributed by atoms with Crippen LogP contribution in [0.15, 0.2) is 42.5 Å². The third-order valence-electron chi connectivity index (χ3n) is 5.86. The molecule has 7 nitrogen and oxygen atoms in total. The van der Waals surface area contributed by atoms with Gasteiger partial charge in [0.25, 0.3) is 0 Å². The van der Waals surface area contributed by atoms with Crippen molar-refractivity contribution >= 4 is 11.9 Å². The van der Waals surface area contributed by atoms with Gasteiger partial charge in [0.05, 0.1) is 12.3 Å². The van der Waals surface area contributed by atoms with Gasteiger partial charge in [-0.3, -0.25) is 4.79 Å². The number of hydrogen-bond acceptors (Lipinski definition) is 5. The molecule has 1 aliphatic heterocycles. The number of carbonyl (C=O) groups excluding carboxylic acids is 1. The maximum absolute atomic E-state index is 14.6. The number of aromatic carboxylic acids is 1. The maximum Gasteiger partial charge on any atom is 0.354 e. The van der Waals surface area contributed by atoms with Crippen molar-refractivity contribution in [2.75, 3.05) is 13.2 Å². The molecule has 1 unspecified atom stereocenters. The molecule has 1 amide bonds. The Hall–Kier alpha value is -4.16. The highest BCUT2D eigenvalue weighted by Gasteiger charge is 2.40. The predicted octanol–water partition coefficient (Wildman–Crippen LogP) is 3.20. The van der Waals surface area contributed by atoms with E-state index in [0.29, 0.717) is 24.1 Å². The van der Waals surface area contributed by atoms with E-state index in [9.17, 15) is 28.6 Å². The van der Waals surface area contributed by atoms with Crippen LogP contribution in [0.3, 0.4) is 0 Å². The van der Waals surface area contributed by atoms with Gasteiger partial charge in [0.2, 0.25) is 5.91 Å². The number of nitrogens with one attached hydrogen (secondary N) is 1. The topological polar surface area (TPSA) is 112 Å². The number of aliphatic hydroxyl groups is 1. The number of carboxylic acid groups (broad SMARTS) is 1. The molecule has 0 radical (unpaired) electrons. The lowest BCUT2D eigenvalue weighted by Gasteiger charge is -2.15. The van der Waals surface area contributed by atoms with E-state index in [2.05, 4.69) is 27.1 Å². The van der Waals surface area contributed by atoms with Gasteiger partial charge in [0.15, 0.2) is 11.5 Å². The molecule has 1 aromatic heterocycles. The summed E-state index contributed by atoms with van der Waals surface area (Å²) in [5.41, 5.74) is -0.615. The quantitative estimate of drug-likeness (QED) is 0.487. The second-order valence-electron chi connectivity index (χ2n) is 8.08. The Morgan fingerprint density at radius 3 is 2.66 bits per heavy atom. The van der Waals surface area contributed by atoms with Crippen LogP contribution in [-0.4, -0.2) is 45.2 Å². The summed E-state index contributed by atoms with van der Waals surface area (Å²) in [5, 5.41) is 22.1. The highest BCUT2D eigenvalue weighted by atomic mass is 19.1. The molecule has 1 fully saturated rings. The molecule has 0 bridgehead atoms. The summed E-state index contributed by atoms with van der Waals surface area (Å²) >= 11 is 0. The molecular formula is C26H21F2N3O4. The Morgan fingerprint density at radius 2 is 2.00 bits per heavy atom. The van der Waals surface area contributed by atoms with Crippen LogP contribution >= 0.6 is 0 Å². The smallest absolute Gasteiger partial charge is 0.354 e. The molecule has 3 aromatic rings. The summed E-state index contributed by atoms with van der Waals surface area (Å²) < 4.78 is 28.5. The molecule has 1 saturated heterocycles. The SMILES string of the molecule is CCc1c(C(=O)O)nc(-c2cccc(C#CC3(CO)CCNC3=O)c2)nc1-c1cc(F)ccc1F. The Morgan fingerprint density at radius 1 is 1.20 bits per heavy atom. The number of rotatable bonds is 5. The number of benzene rings is 2. The summed E-state index contributed by atoms with van der Waals surface area (Å²) in [6.45, 7) is 1.68. The fraction of sp³-hybridized carbons (Fsp3) is 0.231. The van der Waals surface area contributed by atoms with Gasteiger partial charge in [-0.25, -0.2) is 23.5 Å². The molecule has 35 heavy (non-hydrogen) atoms. The van der Waals surface area contributed by atoms with Crippen LogP contribution in [0.4, 0.5) is 8.78 Å². The Balaban J connectivity index is 1.85. The number of hydrogen-bond donors (Lipinski definition) is 3. The van der Waals surface area contributed by atoms with Crippen LogP contribution < -0.4 is 5.32 Å². The van der Waals surface area contributed by atoms with E-state index in [4.69, 9.17) is 0 Å². The average Bonchev–Trinajstić information content (AvgIpc) is 3.23. The zero-order valence-corrected chi connectivity index (χ0v) is 18.7. The van der Waals surface area contributed by atoms with Crippen molar-refractivity contribution in [1.29, 1.82) is 0 Å². The summed E-state index contributed by atoms with van der Waals surface area (Å²) in [4.78, 5) is 32.7. The standard InChI is InChI=1S/C26H21F2N3O4/c1-2-18-21(19-13-17(27)6-7-20(19)28)30-23(31-22(18)24(33)34)16-5-3-4-15(12-16)8-9-26(14-32)10-11-29-25(26)35/h3-7,12-13,32H,2,10-11,14H2,1H3,(H,29,35)(H,33,34). The zero-order valence-electron chi connectivity index (χ0n) is 18.7. The molecule has 0 saturated carbocycles. The summed E-state index contributed by atoms with van der Waals surface area (Å²) in [5.74, 6) is 2.64. The number of nitrogens with zero attached hydrogens (tertiary/aromatic N) is 2.